The second kappa shape index (κ2) is 6.77. The first-order chi connectivity index (χ1) is 9.83. The van der Waals surface area contributed by atoms with E-state index >= 15 is 0 Å². The highest BCUT2D eigenvalue weighted by Crippen LogP contribution is 2.04. The molecule has 20 heavy (non-hydrogen) atoms. The zero-order chi connectivity index (χ0) is 13.8. The van der Waals surface area contributed by atoms with Gasteiger partial charge in [0.05, 0.1) is 39.8 Å². The molecule has 1 aromatic heterocycles. The summed E-state index contributed by atoms with van der Waals surface area (Å²) in [6.45, 7) is 8.53. The molecule has 3 heterocycles. The zero-order valence-electron chi connectivity index (χ0n) is 11.6. The average molecular weight is 299 g/mol. The lowest BCUT2D eigenvalue weighted by Crippen LogP contribution is -2.38. The Kier molecular flexibility index (Phi) is 4.79. The number of nitrogens with zero attached hydrogens (tertiary/aromatic N) is 5. The van der Waals surface area contributed by atoms with Crippen LogP contribution in [0.4, 0.5) is 0 Å². The molecule has 0 aliphatic carbocycles. The molecule has 0 amide bonds. The maximum atomic E-state index is 5.51. The molecule has 0 atom stereocenters. The van der Waals surface area contributed by atoms with E-state index < -0.39 is 0 Å². The highest BCUT2D eigenvalue weighted by molar-refractivity contribution is 7.71. The molecule has 112 valence electrons. The number of rotatable bonds is 4. The van der Waals surface area contributed by atoms with Crippen LogP contribution in [-0.4, -0.2) is 76.8 Å². The Hall–Kier alpha value is -0.800. The fourth-order valence-electron chi connectivity index (χ4n) is 2.46. The fraction of sp³-hybridized carbons (Fsp3) is 0.833. The van der Waals surface area contributed by atoms with Crippen LogP contribution in [0, 0.1) is 4.77 Å². The van der Waals surface area contributed by atoms with Crippen molar-refractivity contribution in [3.05, 3.63) is 11.1 Å². The van der Waals surface area contributed by atoms with Crippen LogP contribution in [-0.2, 0) is 22.8 Å². The van der Waals surface area contributed by atoms with Gasteiger partial charge >= 0.3 is 0 Å². The van der Waals surface area contributed by atoms with E-state index in [-0.39, 0.29) is 0 Å². The third-order valence-corrected chi connectivity index (χ3v) is 4.14. The van der Waals surface area contributed by atoms with Crippen LogP contribution in [0.1, 0.15) is 0 Å². The maximum Gasteiger partial charge on any atom is 0.200 e. The Morgan fingerprint density at radius 1 is 0.950 bits per heavy atom. The predicted octanol–water partition coefficient (Wildman–Crippen LogP) is -0.00651. The Bertz CT molecular complexity index is 436. The predicted molar refractivity (Wildman–Crippen MR) is 75.8 cm³/mol. The monoisotopic (exact) mass is 299 g/mol. The minimum absolute atomic E-state index is 0.748. The molecule has 2 saturated heterocycles. The van der Waals surface area contributed by atoms with Crippen LogP contribution in [0.15, 0.2) is 6.33 Å². The molecule has 0 radical (unpaired) electrons. The molecule has 3 rings (SSSR count). The third-order valence-electron chi connectivity index (χ3n) is 3.69. The SMILES string of the molecule is S=c1n(CN2CCOCC2)cnn1CN1CCOCC1. The lowest BCUT2D eigenvalue weighted by Gasteiger charge is -2.27. The lowest BCUT2D eigenvalue weighted by molar-refractivity contribution is 0.0194. The molecule has 2 aliphatic heterocycles. The summed E-state index contributed by atoms with van der Waals surface area (Å²) in [5, 5.41) is 4.41. The number of hydrogen-bond donors (Lipinski definition) is 0. The van der Waals surface area contributed by atoms with Gasteiger partial charge in [0, 0.05) is 26.2 Å². The van der Waals surface area contributed by atoms with E-state index in [0.29, 0.717) is 0 Å². The maximum absolute atomic E-state index is 5.51. The van der Waals surface area contributed by atoms with Gasteiger partial charge in [0.2, 0.25) is 0 Å². The van der Waals surface area contributed by atoms with Crippen molar-refractivity contribution < 1.29 is 9.47 Å². The van der Waals surface area contributed by atoms with Crippen molar-refractivity contribution in [2.24, 2.45) is 0 Å². The summed E-state index contributed by atoms with van der Waals surface area (Å²) < 4.78 is 15.4. The van der Waals surface area contributed by atoms with Crippen LogP contribution in [0.3, 0.4) is 0 Å². The Labute approximate surface area is 123 Å². The summed E-state index contributed by atoms with van der Waals surface area (Å²) >= 11 is 5.51. The summed E-state index contributed by atoms with van der Waals surface area (Å²) in [6, 6.07) is 0. The molecule has 1 aromatic rings. The van der Waals surface area contributed by atoms with Crippen molar-refractivity contribution >= 4 is 12.2 Å². The standard InChI is InChI=1S/C12H21N5O2S/c20-12-16(10-14-1-5-18-6-2-14)9-13-17(12)11-15-3-7-19-8-4-15/h9H,1-8,10-11H2. The van der Waals surface area contributed by atoms with Gasteiger partial charge in [-0.2, -0.15) is 5.10 Å². The van der Waals surface area contributed by atoms with Gasteiger partial charge in [-0.1, -0.05) is 0 Å². The fourth-order valence-corrected chi connectivity index (χ4v) is 2.67. The zero-order valence-corrected chi connectivity index (χ0v) is 12.4. The molecule has 8 heteroatoms. The average Bonchev–Trinajstić information content (AvgIpc) is 2.83. The Balaban J connectivity index is 1.60. The Morgan fingerprint density at radius 2 is 1.50 bits per heavy atom. The lowest BCUT2D eigenvalue weighted by atomic mass is 10.4. The van der Waals surface area contributed by atoms with E-state index in [1.54, 1.807) is 0 Å². The van der Waals surface area contributed by atoms with Gasteiger partial charge in [-0.05, 0) is 12.2 Å². The van der Waals surface area contributed by atoms with Crippen molar-refractivity contribution in [2.45, 2.75) is 13.3 Å². The molecule has 7 nitrogen and oxygen atoms in total. The minimum Gasteiger partial charge on any atom is -0.379 e. The van der Waals surface area contributed by atoms with E-state index in [2.05, 4.69) is 14.9 Å². The summed E-state index contributed by atoms with van der Waals surface area (Å²) in [6.07, 6.45) is 1.83. The molecule has 0 saturated carbocycles. The van der Waals surface area contributed by atoms with Crippen LogP contribution in [0.2, 0.25) is 0 Å². The van der Waals surface area contributed by atoms with Gasteiger partial charge in [0.1, 0.15) is 6.33 Å². The van der Waals surface area contributed by atoms with Crippen molar-refractivity contribution in [3.8, 4) is 0 Å². The van der Waals surface area contributed by atoms with Crippen molar-refractivity contribution in [2.75, 3.05) is 52.6 Å². The highest BCUT2D eigenvalue weighted by atomic mass is 32.1. The van der Waals surface area contributed by atoms with Crippen molar-refractivity contribution in [1.29, 1.82) is 0 Å². The summed E-state index contributed by atoms with van der Waals surface area (Å²) in [7, 11) is 0. The third kappa shape index (κ3) is 3.44. The van der Waals surface area contributed by atoms with Crippen LogP contribution < -0.4 is 0 Å². The quantitative estimate of drug-likeness (QED) is 0.729. The van der Waals surface area contributed by atoms with Crippen LogP contribution in [0.5, 0.6) is 0 Å². The molecule has 0 N–H and O–H groups in total. The van der Waals surface area contributed by atoms with Gasteiger partial charge in [-0.25, -0.2) is 4.68 Å². The number of morpholine rings is 2. The molecule has 0 spiro atoms. The molecule has 0 unspecified atom stereocenters. The first-order valence-corrected chi connectivity index (χ1v) is 7.46. The van der Waals surface area contributed by atoms with Crippen molar-refractivity contribution in [3.63, 3.8) is 0 Å². The van der Waals surface area contributed by atoms with Gasteiger partial charge in [-0.3, -0.25) is 14.4 Å². The van der Waals surface area contributed by atoms with E-state index in [1.165, 1.54) is 0 Å². The van der Waals surface area contributed by atoms with E-state index in [9.17, 15) is 0 Å². The molecular formula is C12H21N5O2S. The molecule has 0 aromatic carbocycles. The normalized spacial score (nSPS) is 22.2. The largest absolute Gasteiger partial charge is 0.379 e. The van der Waals surface area contributed by atoms with Crippen molar-refractivity contribution in [1.82, 2.24) is 24.1 Å². The van der Waals surface area contributed by atoms with E-state index in [4.69, 9.17) is 21.7 Å². The van der Waals surface area contributed by atoms with Gasteiger partial charge in [-0.15, -0.1) is 0 Å². The second-order valence-corrected chi connectivity index (χ2v) is 5.49. The van der Waals surface area contributed by atoms with E-state index in [0.717, 1.165) is 70.7 Å². The summed E-state index contributed by atoms with van der Waals surface area (Å²) in [5.74, 6) is 0. The minimum atomic E-state index is 0.748. The van der Waals surface area contributed by atoms with Gasteiger partial charge in [0.15, 0.2) is 4.77 Å². The number of ether oxygens (including phenoxy) is 2. The molecule has 0 bridgehead atoms. The number of aromatic nitrogens is 3. The van der Waals surface area contributed by atoms with E-state index in [1.807, 2.05) is 15.6 Å². The van der Waals surface area contributed by atoms with Gasteiger partial charge < -0.3 is 9.47 Å². The molecule has 2 fully saturated rings. The number of hydrogen-bond acceptors (Lipinski definition) is 6. The topological polar surface area (TPSA) is 47.7 Å². The smallest absolute Gasteiger partial charge is 0.200 e. The summed E-state index contributed by atoms with van der Waals surface area (Å²) in [5.41, 5.74) is 0. The molecule has 2 aliphatic rings. The molecular weight excluding hydrogens is 278 g/mol. The first kappa shape index (κ1) is 14.2. The van der Waals surface area contributed by atoms with Crippen LogP contribution in [0.25, 0.3) is 0 Å². The summed E-state index contributed by atoms with van der Waals surface area (Å²) in [4.78, 5) is 4.64. The Morgan fingerprint density at radius 3 is 2.10 bits per heavy atom. The van der Waals surface area contributed by atoms with Crippen LogP contribution >= 0.6 is 12.2 Å². The first-order valence-electron chi connectivity index (χ1n) is 7.05. The second-order valence-electron chi connectivity index (χ2n) is 5.13. The van der Waals surface area contributed by atoms with Gasteiger partial charge in [0.25, 0.3) is 0 Å². The highest BCUT2D eigenvalue weighted by Gasteiger charge is 2.14.